The number of hydrogen-bond donors (Lipinski definition) is 3. The molecule has 0 aliphatic carbocycles. The van der Waals surface area contributed by atoms with Crippen molar-refractivity contribution in [3.05, 3.63) is 0 Å². The van der Waals surface area contributed by atoms with Gasteiger partial charge in [-0.25, -0.2) is 0 Å². The molecule has 1 aliphatic heterocycles. The summed E-state index contributed by atoms with van der Waals surface area (Å²) in [4.78, 5) is 0. The van der Waals surface area contributed by atoms with Crippen LogP contribution in [0.5, 0.6) is 0 Å². The highest BCUT2D eigenvalue weighted by Gasteiger charge is 2.52. The fraction of sp³-hybridized carbons (Fsp3) is 1.00. The standard InChI is InChI=1S/C6H11BrO5/c1-6(10)4(9)3(2-8)11-5(6)12-7/h3-5,8-10H,2H2,1H3/t3-,4-,5-,6-/m1/s1. The second-order valence-electron chi connectivity index (χ2n) is 2.95. The molecule has 12 heavy (non-hydrogen) atoms. The molecule has 0 spiro atoms. The van der Waals surface area contributed by atoms with Crippen molar-refractivity contribution >= 4 is 16.3 Å². The Hall–Kier alpha value is 0.280. The minimum absolute atomic E-state index is 0.357. The Balaban J connectivity index is 2.73. The lowest BCUT2D eigenvalue weighted by atomic mass is 9.98. The van der Waals surface area contributed by atoms with Crippen LogP contribution in [0.1, 0.15) is 6.92 Å². The predicted octanol–water partition coefficient (Wildman–Crippen LogP) is -0.858. The first-order chi connectivity index (χ1) is 5.54. The van der Waals surface area contributed by atoms with Gasteiger partial charge in [0.05, 0.1) is 6.61 Å². The lowest BCUT2D eigenvalue weighted by molar-refractivity contribution is -0.142. The third-order valence-corrected chi connectivity index (χ3v) is 2.33. The van der Waals surface area contributed by atoms with Crippen molar-refractivity contribution < 1.29 is 23.9 Å². The molecule has 0 bridgehead atoms. The molecule has 5 nitrogen and oxygen atoms in total. The zero-order chi connectivity index (χ0) is 9.35. The third kappa shape index (κ3) is 1.50. The summed E-state index contributed by atoms with van der Waals surface area (Å²) < 4.78 is 9.57. The van der Waals surface area contributed by atoms with Crippen molar-refractivity contribution in [3.63, 3.8) is 0 Å². The van der Waals surface area contributed by atoms with E-state index in [-0.39, 0.29) is 6.61 Å². The minimum Gasteiger partial charge on any atom is -0.394 e. The van der Waals surface area contributed by atoms with Gasteiger partial charge in [-0.1, -0.05) is 0 Å². The molecule has 0 aromatic carbocycles. The largest absolute Gasteiger partial charge is 0.394 e. The van der Waals surface area contributed by atoms with Crippen LogP contribution in [0.25, 0.3) is 0 Å². The van der Waals surface area contributed by atoms with Crippen molar-refractivity contribution in [2.75, 3.05) is 6.61 Å². The van der Waals surface area contributed by atoms with Crippen LogP contribution in [0, 0.1) is 0 Å². The Morgan fingerprint density at radius 1 is 1.67 bits per heavy atom. The van der Waals surface area contributed by atoms with E-state index in [4.69, 9.17) is 9.84 Å². The van der Waals surface area contributed by atoms with Gasteiger partial charge in [0.1, 0.15) is 34.1 Å². The van der Waals surface area contributed by atoms with E-state index in [0.717, 1.165) is 0 Å². The van der Waals surface area contributed by atoms with Crippen LogP contribution in [0.3, 0.4) is 0 Å². The fourth-order valence-corrected chi connectivity index (χ4v) is 1.61. The van der Waals surface area contributed by atoms with Crippen LogP contribution in [0.15, 0.2) is 0 Å². The Morgan fingerprint density at radius 3 is 2.50 bits per heavy atom. The van der Waals surface area contributed by atoms with Gasteiger partial charge < -0.3 is 20.1 Å². The molecule has 1 rings (SSSR count). The van der Waals surface area contributed by atoms with E-state index in [1.54, 1.807) is 0 Å². The van der Waals surface area contributed by atoms with Crippen LogP contribution in [0.4, 0.5) is 0 Å². The molecule has 0 saturated carbocycles. The maximum absolute atomic E-state index is 9.58. The topological polar surface area (TPSA) is 79.2 Å². The summed E-state index contributed by atoms with van der Waals surface area (Å²) in [5.41, 5.74) is -1.50. The normalized spacial score (nSPS) is 48.2. The quantitative estimate of drug-likeness (QED) is 0.588. The second kappa shape index (κ2) is 3.57. The molecule has 3 N–H and O–H groups in total. The highest BCUT2D eigenvalue weighted by atomic mass is 79.9. The van der Waals surface area contributed by atoms with Gasteiger partial charge in [-0.2, -0.15) is 0 Å². The molecule has 0 aromatic heterocycles. The van der Waals surface area contributed by atoms with Crippen molar-refractivity contribution in [1.82, 2.24) is 0 Å². The number of aliphatic hydroxyl groups excluding tert-OH is 2. The van der Waals surface area contributed by atoms with Gasteiger partial charge in [-0.15, -0.1) is 0 Å². The monoisotopic (exact) mass is 242 g/mol. The molecular weight excluding hydrogens is 232 g/mol. The van der Waals surface area contributed by atoms with Crippen LogP contribution >= 0.6 is 16.3 Å². The van der Waals surface area contributed by atoms with Crippen molar-refractivity contribution in [3.8, 4) is 0 Å². The molecule has 6 heteroatoms. The molecule has 72 valence electrons. The van der Waals surface area contributed by atoms with Gasteiger partial charge in [0.2, 0.25) is 6.29 Å². The summed E-state index contributed by atoms with van der Waals surface area (Å²) in [6.07, 6.45) is -2.92. The average Bonchev–Trinajstić information content (AvgIpc) is 2.25. The Bertz CT molecular complexity index is 158. The maximum Gasteiger partial charge on any atom is 0.202 e. The molecule has 0 radical (unpaired) electrons. The molecule has 4 atom stereocenters. The minimum atomic E-state index is -1.50. The molecule has 0 aromatic rings. The highest BCUT2D eigenvalue weighted by Crippen LogP contribution is 2.32. The van der Waals surface area contributed by atoms with E-state index >= 15 is 0 Å². The Labute approximate surface area is 78.4 Å². The summed E-state index contributed by atoms with van der Waals surface area (Å²) in [6.45, 7) is 1.02. The first-order valence-electron chi connectivity index (χ1n) is 3.48. The van der Waals surface area contributed by atoms with Gasteiger partial charge in [0.25, 0.3) is 0 Å². The van der Waals surface area contributed by atoms with Crippen LogP contribution in [-0.4, -0.2) is 46.0 Å². The smallest absolute Gasteiger partial charge is 0.202 e. The second-order valence-corrected chi connectivity index (χ2v) is 3.32. The van der Waals surface area contributed by atoms with Gasteiger partial charge in [0, 0.05) is 0 Å². The van der Waals surface area contributed by atoms with Crippen molar-refractivity contribution in [1.29, 1.82) is 0 Å². The summed E-state index contributed by atoms with van der Waals surface area (Å²) in [7, 11) is 0. The molecule has 1 saturated heterocycles. The SMILES string of the molecule is C[C@]1(O)[C@@H](OBr)O[C@H](CO)[C@H]1O. The van der Waals surface area contributed by atoms with Crippen molar-refractivity contribution in [2.45, 2.75) is 31.0 Å². The maximum atomic E-state index is 9.58. The molecule has 1 fully saturated rings. The van der Waals surface area contributed by atoms with E-state index in [1.165, 1.54) is 6.92 Å². The number of hydrogen-bond acceptors (Lipinski definition) is 5. The predicted molar refractivity (Wildman–Crippen MR) is 42.4 cm³/mol. The van der Waals surface area contributed by atoms with Crippen LogP contribution in [0.2, 0.25) is 0 Å². The molecule has 0 amide bonds. The highest BCUT2D eigenvalue weighted by molar-refractivity contribution is 9.06. The zero-order valence-corrected chi connectivity index (χ0v) is 8.06. The molecule has 1 aliphatic rings. The molecular formula is C6H11BrO5. The molecule has 1 heterocycles. The summed E-state index contributed by atoms with van der Waals surface area (Å²) in [6, 6.07) is 0. The number of ether oxygens (including phenoxy) is 1. The Kier molecular flexibility index (Phi) is 3.08. The first kappa shape index (κ1) is 10.4. The van der Waals surface area contributed by atoms with E-state index in [9.17, 15) is 10.2 Å². The Morgan fingerprint density at radius 2 is 2.25 bits per heavy atom. The fourth-order valence-electron chi connectivity index (χ4n) is 1.14. The number of aliphatic hydroxyl groups is 3. The van der Waals surface area contributed by atoms with E-state index < -0.39 is 24.1 Å². The number of rotatable bonds is 2. The zero-order valence-electron chi connectivity index (χ0n) is 6.48. The number of halogens is 1. The van der Waals surface area contributed by atoms with Gasteiger partial charge in [0.15, 0.2) is 0 Å². The first-order valence-corrected chi connectivity index (χ1v) is 4.13. The average molecular weight is 243 g/mol. The van der Waals surface area contributed by atoms with Crippen LogP contribution < -0.4 is 0 Å². The van der Waals surface area contributed by atoms with Gasteiger partial charge in [-0.3, -0.25) is 3.83 Å². The van der Waals surface area contributed by atoms with Crippen molar-refractivity contribution in [2.24, 2.45) is 0 Å². The lowest BCUT2D eigenvalue weighted by Crippen LogP contribution is -2.45. The van der Waals surface area contributed by atoms with E-state index in [1.807, 2.05) is 0 Å². The van der Waals surface area contributed by atoms with E-state index in [0.29, 0.717) is 0 Å². The summed E-state index contributed by atoms with van der Waals surface area (Å²) in [5, 5.41) is 27.7. The van der Waals surface area contributed by atoms with E-state index in [2.05, 4.69) is 20.1 Å². The molecule has 0 unspecified atom stereocenters. The van der Waals surface area contributed by atoms with Gasteiger partial charge in [-0.05, 0) is 6.92 Å². The van der Waals surface area contributed by atoms with Gasteiger partial charge >= 0.3 is 0 Å². The van der Waals surface area contributed by atoms with Crippen LogP contribution in [-0.2, 0) is 8.57 Å². The summed E-state index contributed by atoms with van der Waals surface area (Å²) in [5.74, 6) is 0. The lowest BCUT2D eigenvalue weighted by Gasteiger charge is -2.23. The summed E-state index contributed by atoms with van der Waals surface area (Å²) >= 11 is 2.66. The third-order valence-electron chi connectivity index (χ3n) is 1.99.